The van der Waals surface area contributed by atoms with Gasteiger partial charge in [-0.3, -0.25) is 4.79 Å². The van der Waals surface area contributed by atoms with Crippen LogP contribution in [0.5, 0.6) is 5.75 Å². The summed E-state index contributed by atoms with van der Waals surface area (Å²) in [6, 6.07) is 7.59. The zero-order chi connectivity index (χ0) is 20.4. The first-order valence-electron chi connectivity index (χ1n) is 9.56. The summed E-state index contributed by atoms with van der Waals surface area (Å²) >= 11 is 1.38. The Labute approximate surface area is 173 Å². The van der Waals surface area contributed by atoms with E-state index in [1.807, 2.05) is 36.1 Å². The van der Waals surface area contributed by atoms with Crippen LogP contribution in [-0.4, -0.2) is 39.4 Å². The number of amides is 1. The molecule has 150 valence electrons. The maximum atomic E-state index is 13.3. The Bertz CT molecular complexity index is 1040. The van der Waals surface area contributed by atoms with Crippen LogP contribution in [0.15, 0.2) is 36.0 Å². The normalized spacial score (nSPS) is 16.6. The van der Waals surface area contributed by atoms with Gasteiger partial charge in [0.1, 0.15) is 10.6 Å². The van der Waals surface area contributed by atoms with Crippen molar-refractivity contribution in [1.82, 2.24) is 19.9 Å². The molecule has 29 heavy (non-hydrogen) atoms. The molecule has 7 nitrogen and oxygen atoms in total. The van der Waals surface area contributed by atoms with Crippen molar-refractivity contribution < 1.29 is 9.53 Å². The van der Waals surface area contributed by atoms with Gasteiger partial charge in [-0.05, 0) is 43.9 Å². The van der Waals surface area contributed by atoms with Gasteiger partial charge in [-0.2, -0.15) is 0 Å². The van der Waals surface area contributed by atoms with Crippen LogP contribution in [0.25, 0.3) is 11.1 Å². The topological polar surface area (TPSA) is 94.2 Å². The van der Waals surface area contributed by atoms with Crippen molar-refractivity contribution in [1.29, 1.82) is 0 Å². The van der Waals surface area contributed by atoms with Crippen molar-refractivity contribution in [3.63, 3.8) is 0 Å². The van der Waals surface area contributed by atoms with Gasteiger partial charge in [0.25, 0.3) is 5.91 Å². The second kappa shape index (κ2) is 8.16. The van der Waals surface area contributed by atoms with Crippen LogP contribution in [0.4, 0.5) is 5.95 Å². The number of thiazole rings is 1. The highest BCUT2D eigenvalue weighted by Crippen LogP contribution is 2.37. The molecule has 3 aromatic rings. The molecule has 0 radical (unpaired) electrons. The fraction of sp³-hybridized carbons (Fsp3) is 0.333. The molecule has 1 aromatic carbocycles. The van der Waals surface area contributed by atoms with Gasteiger partial charge in [0.15, 0.2) is 0 Å². The van der Waals surface area contributed by atoms with E-state index in [1.165, 1.54) is 11.3 Å². The molecule has 0 bridgehead atoms. The third-order valence-electron chi connectivity index (χ3n) is 5.24. The number of likely N-dealkylation sites (tertiary alicyclic amines) is 1. The molecular formula is C21H23N5O2S. The van der Waals surface area contributed by atoms with Gasteiger partial charge >= 0.3 is 0 Å². The average molecular weight is 410 g/mol. The fourth-order valence-corrected chi connectivity index (χ4v) is 4.53. The minimum atomic E-state index is -0.163. The molecule has 1 aliphatic heterocycles. The lowest BCUT2D eigenvalue weighted by molar-refractivity contribution is 0.0611. The van der Waals surface area contributed by atoms with E-state index >= 15 is 0 Å². The lowest BCUT2D eigenvalue weighted by Crippen LogP contribution is -2.39. The minimum Gasteiger partial charge on any atom is -0.497 e. The van der Waals surface area contributed by atoms with E-state index in [-0.39, 0.29) is 17.9 Å². The van der Waals surface area contributed by atoms with Crippen LogP contribution in [0.3, 0.4) is 0 Å². The molecule has 3 heterocycles. The average Bonchev–Trinajstić information content (AvgIpc) is 3.19. The molecule has 1 atom stereocenters. The number of rotatable bonds is 4. The quantitative estimate of drug-likeness (QED) is 0.703. The van der Waals surface area contributed by atoms with Crippen molar-refractivity contribution in [3.05, 3.63) is 52.2 Å². The second-order valence-corrected chi connectivity index (χ2v) is 7.89. The second-order valence-electron chi connectivity index (χ2n) is 7.04. The third kappa shape index (κ3) is 3.80. The van der Waals surface area contributed by atoms with E-state index in [2.05, 4.69) is 15.0 Å². The lowest BCUT2D eigenvalue weighted by atomic mass is 9.93. The molecule has 8 heteroatoms. The number of nitrogens with two attached hydrogens (primary N) is 1. The first-order valence-corrected chi connectivity index (χ1v) is 10.4. The van der Waals surface area contributed by atoms with E-state index in [0.717, 1.165) is 47.5 Å². The Morgan fingerprint density at radius 2 is 2.17 bits per heavy atom. The molecular weight excluding hydrogens is 386 g/mol. The number of piperidine rings is 1. The van der Waals surface area contributed by atoms with Gasteiger partial charge in [0.2, 0.25) is 5.95 Å². The van der Waals surface area contributed by atoms with Crippen LogP contribution in [-0.2, 0) is 0 Å². The smallest absolute Gasteiger partial charge is 0.266 e. The molecule has 1 fully saturated rings. The number of nitrogen functional groups attached to an aromatic ring is 1. The summed E-state index contributed by atoms with van der Waals surface area (Å²) in [6.45, 7) is 2.55. The fourth-order valence-electron chi connectivity index (χ4n) is 3.77. The lowest BCUT2D eigenvalue weighted by Gasteiger charge is -2.36. The first-order chi connectivity index (χ1) is 14.1. The molecule has 4 rings (SSSR count). The molecule has 0 spiro atoms. The number of aryl methyl sites for hydroxylation is 1. The summed E-state index contributed by atoms with van der Waals surface area (Å²) < 4.78 is 5.37. The number of hydrogen-bond donors (Lipinski definition) is 1. The Balaban J connectivity index is 1.78. The van der Waals surface area contributed by atoms with Crippen molar-refractivity contribution in [2.75, 3.05) is 19.4 Å². The molecule has 0 aliphatic carbocycles. The van der Waals surface area contributed by atoms with Crippen molar-refractivity contribution >= 4 is 23.2 Å². The summed E-state index contributed by atoms with van der Waals surface area (Å²) in [6.07, 6.45) is 4.56. The minimum absolute atomic E-state index is 0.00322. The zero-order valence-corrected chi connectivity index (χ0v) is 17.3. The SMILES string of the molecule is COc1cccc(-c2cnc(N)nc2[C@@H]2CCCCN2C(=O)c2scnc2C)c1. The van der Waals surface area contributed by atoms with E-state index in [9.17, 15) is 4.79 Å². The van der Waals surface area contributed by atoms with Crippen molar-refractivity contribution in [2.45, 2.75) is 32.2 Å². The predicted molar refractivity (Wildman–Crippen MR) is 113 cm³/mol. The maximum Gasteiger partial charge on any atom is 0.266 e. The van der Waals surface area contributed by atoms with E-state index in [1.54, 1.807) is 18.8 Å². The molecule has 2 N–H and O–H groups in total. The van der Waals surface area contributed by atoms with E-state index in [4.69, 9.17) is 10.5 Å². The number of nitrogens with zero attached hydrogens (tertiary/aromatic N) is 4. The van der Waals surface area contributed by atoms with Gasteiger partial charge in [0.05, 0.1) is 30.1 Å². The summed E-state index contributed by atoms with van der Waals surface area (Å²) in [5.41, 5.74) is 11.0. The summed E-state index contributed by atoms with van der Waals surface area (Å²) in [5.74, 6) is 0.962. The number of benzene rings is 1. The molecule has 1 saturated heterocycles. The number of methoxy groups -OCH3 is 1. The number of anilines is 1. The van der Waals surface area contributed by atoms with Gasteiger partial charge in [0, 0.05) is 18.3 Å². The molecule has 0 saturated carbocycles. The zero-order valence-electron chi connectivity index (χ0n) is 16.5. The van der Waals surface area contributed by atoms with E-state index < -0.39 is 0 Å². The highest BCUT2D eigenvalue weighted by molar-refractivity contribution is 7.11. The molecule has 0 unspecified atom stereocenters. The third-order valence-corrected chi connectivity index (χ3v) is 6.15. The Hall–Kier alpha value is -3.00. The summed E-state index contributed by atoms with van der Waals surface area (Å²) in [7, 11) is 1.64. The van der Waals surface area contributed by atoms with Gasteiger partial charge in [-0.15, -0.1) is 11.3 Å². The van der Waals surface area contributed by atoms with Gasteiger partial charge in [-0.25, -0.2) is 15.0 Å². The van der Waals surface area contributed by atoms with Crippen LogP contribution in [0, 0.1) is 6.92 Å². The number of ether oxygens (including phenoxy) is 1. The van der Waals surface area contributed by atoms with Crippen LogP contribution in [0.1, 0.15) is 46.4 Å². The Morgan fingerprint density at radius 3 is 2.93 bits per heavy atom. The summed E-state index contributed by atoms with van der Waals surface area (Å²) in [4.78, 5) is 28.9. The number of carbonyl (C=O) groups excluding carboxylic acids is 1. The highest BCUT2D eigenvalue weighted by Gasteiger charge is 2.33. The van der Waals surface area contributed by atoms with Crippen LogP contribution >= 0.6 is 11.3 Å². The molecule has 2 aromatic heterocycles. The largest absolute Gasteiger partial charge is 0.497 e. The van der Waals surface area contributed by atoms with Crippen LogP contribution < -0.4 is 10.5 Å². The van der Waals surface area contributed by atoms with Crippen molar-refractivity contribution in [3.8, 4) is 16.9 Å². The Morgan fingerprint density at radius 1 is 1.31 bits per heavy atom. The molecule has 1 amide bonds. The van der Waals surface area contributed by atoms with Crippen molar-refractivity contribution in [2.24, 2.45) is 0 Å². The Kier molecular flexibility index (Phi) is 5.44. The highest BCUT2D eigenvalue weighted by atomic mass is 32.1. The maximum absolute atomic E-state index is 13.3. The summed E-state index contributed by atoms with van der Waals surface area (Å²) in [5, 5.41) is 0. The molecule has 1 aliphatic rings. The van der Waals surface area contributed by atoms with Crippen LogP contribution in [0.2, 0.25) is 0 Å². The first kappa shape index (κ1) is 19.3. The number of carbonyl (C=O) groups is 1. The number of hydrogen-bond acceptors (Lipinski definition) is 7. The van der Waals surface area contributed by atoms with Gasteiger partial charge in [-0.1, -0.05) is 12.1 Å². The standard InChI is InChI=1S/C21H23N5O2S/c1-13-19(29-12-24-13)20(27)26-9-4-3-8-17(26)18-16(11-23-21(22)25-18)14-6-5-7-15(10-14)28-2/h5-7,10-12,17H,3-4,8-9H2,1-2H3,(H2,22,23,25)/t17-/m0/s1. The number of aromatic nitrogens is 3. The monoisotopic (exact) mass is 409 g/mol. The van der Waals surface area contributed by atoms with Gasteiger partial charge < -0.3 is 15.4 Å². The van der Waals surface area contributed by atoms with E-state index in [0.29, 0.717) is 11.4 Å². The predicted octanol–water partition coefficient (Wildman–Crippen LogP) is 3.87.